The molecule has 1 atom stereocenters. The van der Waals surface area contributed by atoms with Gasteiger partial charge < -0.3 is 15.3 Å². The Hall–Kier alpha value is -1.55. The molecule has 0 aliphatic carbocycles. The van der Waals surface area contributed by atoms with E-state index in [1.54, 1.807) is 0 Å². The molecular formula is C8H8O4. The van der Waals surface area contributed by atoms with Gasteiger partial charge in [0.1, 0.15) is 5.75 Å². The number of phenolic OH excluding ortho intramolecular Hbond substituents is 1. The van der Waals surface area contributed by atoms with E-state index in [1.165, 1.54) is 24.3 Å². The maximum absolute atomic E-state index is 10.3. The first-order valence-electron chi connectivity index (χ1n) is 3.31. The van der Waals surface area contributed by atoms with Gasteiger partial charge in [-0.25, -0.2) is 4.79 Å². The second-order valence-corrected chi connectivity index (χ2v) is 2.33. The number of hydrogen-bond acceptors (Lipinski definition) is 3. The van der Waals surface area contributed by atoms with Gasteiger partial charge in [0.25, 0.3) is 0 Å². The number of carbonyl (C=O) groups is 1. The smallest absolute Gasteiger partial charge is 0.337 e. The molecular weight excluding hydrogens is 160 g/mol. The summed E-state index contributed by atoms with van der Waals surface area (Å²) in [4.78, 5) is 10.3. The zero-order valence-corrected chi connectivity index (χ0v) is 6.14. The minimum atomic E-state index is -1.52. The number of aliphatic hydroxyl groups excluding tert-OH is 1. The first kappa shape index (κ1) is 8.55. The SMILES string of the molecule is O=C(O)[C@H](O)c1ccc(O)cc1. The van der Waals surface area contributed by atoms with Crippen molar-refractivity contribution >= 4 is 5.97 Å². The molecule has 1 aromatic rings. The molecule has 64 valence electrons. The number of phenols is 1. The number of aromatic hydroxyl groups is 1. The van der Waals surface area contributed by atoms with Crippen LogP contribution in [0.2, 0.25) is 0 Å². The highest BCUT2D eigenvalue weighted by atomic mass is 16.4. The van der Waals surface area contributed by atoms with Crippen molar-refractivity contribution in [1.29, 1.82) is 0 Å². The van der Waals surface area contributed by atoms with E-state index in [0.717, 1.165) is 0 Å². The Bertz CT molecular complexity index is 278. The van der Waals surface area contributed by atoms with Crippen molar-refractivity contribution in [3.05, 3.63) is 29.8 Å². The van der Waals surface area contributed by atoms with Gasteiger partial charge in [-0.05, 0) is 17.7 Å². The molecule has 4 heteroatoms. The van der Waals surface area contributed by atoms with Gasteiger partial charge in [-0.2, -0.15) is 0 Å². The molecule has 0 fully saturated rings. The lowest BCUT2D eigenvalue weighted by Crippen LogP contribution is -2.09. The van der Waals surface area contributed by atoms with E-state index in [9.17, 15) is 4.79 Å². The topological polar surface area (TPSA) is 77.8 Å². The molecule has 0 radical (unpaired) electrons. The largest absolute Gasteiger partial charge is 0.508 e. The van der Waals surface area contributed by atoms with E-state index < -0.39 is 12.1 Å². The number of benzene rings is 1. The Kier molecular flexibility index (Phi) is 2.30. The van der Waals surface area contributed by atoms with E-state index in [0.29, 0.717) is 0 Å². The molecule has 0 aliphatic heterocycles. The van der Waals surface area contributed by atoms with E-state index in [4.69, 9.17) is 15.3 Å². The third-order valence-electron chi connectivity index (χ3n) is 1.44. The minimum Gasteiger partial charge on any atom is -0.508 e. The molecule has 0 saturated heterocycles. The Labute approximate surface area is 68.7 Å². The molecule has 0 spiro atoms. The maximum atomic E-state index is 10.3. The van der Waals surface area contributed by atoms with Gasteiger partial charge in [0.2, 0.25) is 0 Å². The van der Waals surface area contributed by atoms with Gasteiger partial charge >= 0.3 is 5.97 Å². The summed E-state index contributed by atoms with van der Waals surface area (Å²) in [5, 5.41) is 26.2. The predicted molar refractivity (Wildman–Crippen MR) is 40.7 cm³/mol. The fourth-order valence-electron chi connectivity index (χ4n) is 0.799. The first-order valence-corrected chi connectivity index (χ1v) is 3.31. The van der Waals surface area contributed by atoms with Gasteiger partial charge in [-0.15, -0.1) is 0 Å². The van der Waals surface area contributed by atoms with Crippen LogP contribution in [0.3, 0.4) is 0 Å². The molecule has 4 nitrogen and oxygen atoms in total. The number of hydrogen-bond donors (Lipinski definition) is 3. The summed E-state index contributed by atoms with van der Waals surface area (Å²) in [7, 11) is 0. The highest BCUT2D eigenvalue weighted by Gasteiger charge is 2.14. The van der Waals surface area contributed by atoms with Gasteiger partial charge in [0, 0.05) is 0 Å². The van der Waals surface area contributed by atoms with Crippen LogP contribution < -0.4 is 0 Å². The Balaban J connectivity index is 2.89. The summed E-state index contributed by atoms with van der Waals surface area (Å²) in [5.41, 5.74) is 0.250. The van der Waals surface area contributed by atoms with E-state index >= 15 is 0 Å². The van der Waals surface area contributed by atoms with Gasteiger partial charge in [0.05, 0.1) is 0 Å². The molecule has 0 bridgehead atoms. The van der Waals surface area contributed by atoms with Crippen LogP contribution in [0, 0.1) is 0 Å². The molecule has 0 saturated carbocycles. The van der Waals surface area contributed by atoms with Crippen LogP contribution in [-0.4, -0.2) is 21.3 Å². The summed E-state index contributed by atoms with van der Waals surface area (Å²) >= 11 is 0. The number of aliphatic carboxylic acids is 1. The molecule has 0 amide bonds. The van der Waals surface area contributed by atoms with E-state index in [2.05, 4.69) is 0 Å². The Morgan fingerprint density at radius 1 is 1.25 bits per heavy atom. The molecule has 0 heterocycles. The van der Waals surface area contributed by atoms with Crippen molar-refractivity contribution in [3.8, 4) is 5.75 Å². The highest BCUT2D eigenvalue weighted by molar-refractivity contribution is 5.74. The third kappa shape index (κ3) is 1.73. The zero-order chi connectivity index (χ0) is 9.14. The molecule has 1 aromatic carbocycles. The predicted octanol–water partition coefficient (Wildman–Crippen LogP) is 0.510. The van der Waals surface area contributed by atoms with Crippen molar-refractivity contribution in [2.24, 2.45) is 0 Å². The lowest BCUT2D eigenvalue weighted by atomic mass is 10.1. The van der Waals surface area contributed by atoms with Crippen molar-refractivity contribution < 1.29 is 20.1 Å². The zero-order valence-electron chi connectivity index (χ0n) is 6.14. The first-order chi connectivity index (χ1) is 5.61. The fraction of sp³-hybridized carbons (Fsp3) is 0.125. The second kappa shape index (κ2) is 3.23. The Morgan fingerprint density at radius 3 is 2.17 bits per heavy atom. The van der Waals surface area contributed by atoms with E-state index in [1.807, 2.05) is 0 Å². The highest BCUT2D eigenvalue weighted by Crippen LogP contribution is 2.16. The molecule has 0 unspecified atom stereocenters. The summed E-state index contributed by atoms with van der Waals surface area (Å²) < 4.78 is 0. The van der Waals surface area contributed by atoms with E-state index in [-0.39, 0.29) is 11.3 Å². The van der Waals surface area contributed by atoms with Gasteiger partial charge in [0.15, 0.2) is 6.10 Å². The normalized spacial score (nSPS) is 12.4. The number of rotatable bonds is 2. The lowest BCUT2D eigenvalue weighted by molar-refractivity contribution is -0.146. The number of carboxylic acid groups (broad SMARTS) is 1. The standard InChI is InChI=1S/C8H8O4/c9-6-3-1-5(2-4-6)7(10)8(11)12/h1-4,7,9-10H,(H,11,12)/t7-/m1/s1. The number of aliphatic hydroxyl groups is 1. The third-order valence-corrected chi connectivity index (χ3v) is 1.44. The second-order valence-electron chi connectivity index (χ2n) is 2.33. The Morgan fingerprint density at radius 2 is 1.75 bits per heavy atom. The monoisotopic (exact) mass is 168 g/mol. The minimum absolute atomic E-state index is 0.0383. The van der Waals surface area contributed by atoms with Crippen molar-refractivity contribution in [2.75, 3.05) is 0 Å². The summed E-state index contributed by atoms with van der Waals surface area (Å²) in [6.45, 7) is 0. The van der Waals surface area contributed by atoms with Crippen LogP contribution in [0.15, 0.2) is 24.3 Å². The van der Waals surface area contributed by atoms with Crippen molar-refractivity contribution in [2.45, 2.75) is 6.10 Å². The number of carboxylic acids is 1. The maximum Gasteiger partial charge on any atom is 0.337 e. The molecule has 12 heavy (non-hydrogen) atoms. The lowest BCUT2D eigenvalue weighted by Gasteiger charge is -2.04. The van der Waals surface area contributed by atoms with Crippen LogP contribution in [0.1, 0.15) is 11.7 Å². The molecule has 0 aromatic heterocycles. The van der Waals surface area contributed by atoms with Crippen LogP contribution in [0.25, 0.3) is 0 Å². The molecule has 1 rings (SSSR count). The van der Waals surface area contributed by atoms with Gasteiger partial charge in [-0.1, -0.05) is 12.1 Å². The molecule has 3 N–H and O–H groups in total. The molecule has 0 aliphatic rings. The average molecular weight is 168 g/mol. The van der Waals surface area contributed by atoms with Crippen LogP contribution in [-0.2, 0) is 4.79 Å². The van der Waals surface area contributed by atoms with Crippen LogP contribution in [0.4, 0.5) is 0 Å². The quantitative estimate of drug-likeness (QED) is 0.601. The van der Waals surface area contributed by atoms with Gasteiger partial charge in [-0.3, -0.25) is 0 Å². The van der Waals surface area contributed by atoms with Crippen LogP contribution in [0.5, 0.6) is 5.75 Å². The summed E-state index contributed by atoms with van der Waals surface area (Å²) in [5.74, 6) is -1.27. The summed E-state index contributed by atoms with van der Waals surface area (Å²) in [6.07, 6.45) is -1.52. The summed E-state index contributed by atoms with van der Waals surface area (Å²) in [6, 6.07) is 5.35. The van der Waals surface area contributed by atoms with Crippen LogP contribution >= 0.6 is 0 Å². The fourth-order valence-corrected chi connectivity index (χ4v) is 0.799. The van der Waals surface area contributed by atoms with Crippen molar-refractivity contribution in [1.82, 2.24) is 0 Å². The van der Waals surface area contributed by atoms with Crippen molar-refractivity contribution in [3.63, 3.8) is 0 Å². The average Bonchev–Trinajstić information content (AvgIpc) is 2.04.